The van der Waals surface area contributed by atoms with Crippen molar-refractivity contribution >= 4 is 23.2 Å². The first-order chi connectivity index (χ1) is 11.3. The van der Waals surface area contributed by atoms with Gasteiger partial charge in [0.15, 0.2) is 0 Å². The molecule has 1 fully saturated rings. The Labute approximate surface area is 147 Å². The van der Waals surface area contributed by atoms with Gasteiger partial charge in [0.25, 0.3) is 0 Å². The Bertz CT molecular complexity index is 783. The van der Waals surface area contributed by atoms with Gasteiger partial charge < -0.3 is 0 Å². The molecule has 0 aliphatic heterocycles. The zero-order chi connectivity index (χ0) is 17.5. The van der Waals surface area contributed by atoms with Gasteiger partial charge in [0, 0.05) is 17.9 Å². The maximum Gasteiger partial charge on any atom is 0.148 e. The quantitative estimate of drug-likeness (QED) is 0.690. The Morgan fingerprint density at radius 2 is 1.46 bits per heavy atom. The summed E-state index contributed by atoms with van der Waals surface area (Å²) in [7, 11) is 0. The van der Waals surface area contributed by atoms with Gasteiger partial charge in [-0.05, 0) is 52.8 Å². The van der Waals surface area contributed by atoms with E-state index in [0.717, 1.165) is 22.3 Å². The number of halogens is 1. The Morgan fingerprint density at radius 3 is 2.04 bits per heavy atom. The van der Waals surface area contributed by atoms with Crippen LogP contribution in [0.25, 0.3) is 11.1 Å². The molecule has 2 aromatic carbocycles. The molecule has 3 rings (SSSR count). The second-order valence-corrected chi connectivity index (χ2v) is 7.90. The third kappa shape index (κ3) is 3.29. The zero-order valence-corrected chi connectivity index (χ0v) is 15.0. The van der Waals surface area contributed by atoms with Crippen molar-refractivity contribution < 1.29 is 9.59 Å². The monoisotopic (exact) mass is 340 g/mol. The van der Waals surface area contributed by atoms with Crippen LogP contribution in [0.5, 0.6) is 0 Å². The summed E-state index contributed by atoms with van der Waals surface area (Å²) in [6.07, 6.45) is 0.905. The fraction of sp³-hybridized carbons (Fsp3) is 0.333. The first-order valence-corrected chi connectivity index (χ1v) is 8.56. The first-order valence-electron chi connectivity index (χ1n) is 8.19. The Balaban J connectivity index is 2.02. The topological polar surface area (TPSA) is 34.1 Å². The van der Waals surface area contributed by atoms with Crippen LogP contribution in [0.3, 0.4) is 0 Å². The molecule has 0 unspecified atom stereocenters. The minimum Gasteiger partial charge on any atom is -0.299 e. The number of carbonyl (C=O) groups excluding carboxylic acids is 2. The van der Waals surface area contributed by atoms with Crippen LogP contribution in [0, 0.1) is 12.3 Å². The van der Waals surface area contributed by atoms with E-state index in [1.54, 1.807) is 0 Å². The molecule has 0 bridgehead atoms. The Morgan fingerprint density at radius 1 is 0.917 bits per heavy atom. The molecule has 0 amide bonds. The number of hydrogen-bond donors (Lipinski definition) is 0. The van der Waals surface area contributed by atoms with Crippen LogP contribution < -0.4 is 0 Å². The van der Waals surface area contributed by atoms with E-state index in [1.807, 2.05) is 63.2 Å². The summed E-state index contributed by atoms with van der Waals surface area (Å²) in [4.78, 5) is 25.3. The second-order valence-electron chi connectivity index (χ2n) is 7.46. The van der Waals surface area contributed by atoms with Gasteiger partial charge >= 0.3 is 0 Å². The molecule has 1 aliphatic rings. The lowest BCUT2D eigenvalue weighted by Crippen LogP contribution is -2.36. The highest BCUT2D eigenvalue weighted by Crippen LogP contribution is 2.39. The minimum absolute atomic E-state index is 0.0348. The molecule has 0 heterocycles. The highest BCUT2D eigenvalue weighted by atomic mass is 35.5. The van der Waals surface area contributed by atoms with Gasteiger partial charge in [-0.2, -0.15) is 0 Å². The van der Waals surface area contributed by atoms with E-state index in [9.17, 15) is 9.59 Å². The molecule has 2 aromatic rings. The Hall–Kier alpha value is -1.93. The van der Waals surface area contributed by atoms with E-state index in [0.29, 0.717) is 17.9 Å². The van der Waals surface area contributed by atoms with Crippen molar-refractivity contribution in [1.29, 1.82) is 0 Å². The highest BCUT2D eigenvalue weighted by Gasteiger charge is 2.40. The smallest absolute Gasteiger partial charge is 0.148 e. The third-order valence-corrected chi connectivity index (χ3v) is 4.97. The van der Waals surface area contributed by atoms with Crippen molar-refractivity contribution in [3.63, 3.8) is 0 Å². The molecule has 124 valence electrons. The van der Waals surface area contributed by atoms with Crippen LogP contribution in [-0.4, -0.2) is 11.6 Å². The summed E-state index contributed by atoms with van der Waals surface area (Å²) in [5, 5.41) is 0.686. The zero-order valence-electron chi connectivity index (χ0n) is 14.2. The van der Waals surface area contributed by atoms with Crippen LogP contribution in [-0.2, 0) is 9.59 Å². The normalized spacial score (nSPS) is 18.0. The molecule has 3 heteroatoms. The number of benzene rings is 2. The van der Waals surface area contributed by atoms with Gasteiger partial charge in [-0.15, -0.1) is 0 Å². The molecular formula is C21H21ClO2. The van der Waals surface area contributed by atoms with Crippen LogP contribution in [0.2, 0.25) is 5.02 Å². The van der Waals surface area contributed by atoms with Crippen molar-refractivity contribution in [1.82, 2.24) is 0 Å². The number of aryl methyl sites for hydroxylation is 1. The first kappa shape index (κ1) is 16.9. The molecule has 0 spiro atoms. The summed E-state index contributed by atoms with van der Waals surface area (Å²) in [6, 6.07) is 13.6. The minimum atomic E-state index is -0.620. The van der Waals surface area contributed by atoms with Gasteiger partial charge in [-0.3, -0.25) is 9.59 Å². The van der Waals surface area contributed by atoms with Crippen molar-refractivity contribution in [2.24, 2.45) is 5.41 Å². The molecule has 24 heavy (non-hydrogen) atoms. The van der Waals surface area contributed by atoms with Crippen molar-refractivity contribution in [2.45, 2.75) is 39.5 Å². The van der Waals surface area contributed by atoms with Gasteiger partial charge in [-0.25, -0.2) is 0 Å². The van der Waals surface area contributed by atoms with Crippen molar-refractivity contribution in [3.8, 4) is 11.1 Å². The predicted octanol–water partition coefficient (Wildman–Crippen LogP) is 5.36. The molecule has 1 aliphatic carbocycles. The van der Waals surface area contributed by atoms with E-state index in [-0.39, 0.29) is 17.0 Å². The molecule has 0 saturated heterocycles. The van der Waals surface area contributed by atoms with Gasteiger partial charge in [0.1, 0.15) is 17.5 Å². The molecule has 1 saturated carbocycles. The summed E-state index contributed by atoms with van der Waals surface area (Å²) in [6.45, 7) is 5.92. The third-order valence-electron chi connectivity index (χ3n) is 4.72. The molecule has 0 aromatic heterocycles. The number of Topliss-reactive ketones (excluding diaryl/α,β-unsaturated/α-hetero) is 2. The average molecular weight is 341 g/mol. The summed E-state index contributed by atoms with van der Waals surface area (Å²) < 4.78 is 0. The number of rotatable bonds is 2. The maximum atomic E-state index is 12.6. The number of carbonyl (C=O) groups is 2. The van der Waals surface area contributed by atoms with E-state index < -0.39 is 5.92 Å². The average Bonchev–Trinajstić information content (AvgIpc) is 2.48. The van der Waals surface area contributed by atoms with Crippen molar-refractivity contribution in [3.05, 3.63) is 58.6 Å². The standard InChI is InChI=1S/C21H21ClO2/c1-13-4-5-15(14-6-8-16(22)9-7-14)10-17(13)20-18(23)11-21(2,3)12-19(20)24/h4-10,20H,11-12H2,1-3H3. The van der Waals surface area contributed by atoms with Crippen LogP contribution in [0.15, 0.2) is 42.5 Å². The van der Waals surface area contributed by atoms with Crippen molar-refractivity contribution in [2.75, 3.05) is 0 Å². The lowest BCUT2D eigenvalue weighted by atomic mass is 9.69. The molecule has 0 N–H and O–H groups in total. The summed E-state index contributed by atoms with van der Waals surface area (Å²) >= 11 is 5.95. The van der Waals surface area contributed by atoms with Gasteiger partial charge in [0.2, 0.25) is 0 Å². The van der Waals surface area contributed by atoms with E-state index in [4.69, 9.17) is 11.6 Å². The van der Waals surface area contributed by atoms with Gasteiger partial charge in [0.05, 0.1) is 0 Å². The molecule has 2 nitrogen and oxygen atoms in total. The second kappa shape index (κ2) is 6.18. The van der Waals surface area contributed by atoms with Crippen LogP contribution in [0.4, 0.5) is 0 Å². The summed E-state index contributed by atoms with van der Waals surface area (Å²) in [5.74, 6) is -0.550. The molecular weight excluding hydrogens is 320 g/mol. The molecule has 0 radical (unpaired) electrons. The van der Waals surface area contributed by atoms with E-state index >= 15 is 0 Å². The lowest BCUT2D eigenvalue weighted by molar-refractivity contribution is -0.135. The van der Waals surface area contributed by atoms with E-state index in [1.165, 1.54) is 0 Å². The highest BCUT2D eigenvalue weighted by molar-refractivity contribution is 6.30. The fourth-order valence-corrected chi connectivity index (χ4v) is 3.64. The Kier molecular flexibility index (Phi) is 4.35. The largest absolute Gasteiger partial charge is 0.299 e. The SMILES string of the molecule is Cc1ccc(-c2ccc(Cl)cc2)cc1C1C(=O)CC(C)(C)CC1=O. The van der Waals surface area contributed by atoms with E-state index in [2.05, 4.69) is 0 Å². The number of ketones is 2. The maximum absolute atomic E-state index is 12.6. The molecule has 0 atom stereocenters. The van der Waals surface area contributed by atoms with Gasteiger partial charge in [-0.1, -0.05) is 49.7 Å². The summed E-state index contributed by atoms with van der Waals surface area (Å²) in [5.41, 5.74) is 3.62. The number of hydrogen-bond acceptors (Lipinski definition) is 2. The predicted molar refractivity (Wildman–Crippen MR) is 97.4 cm³/mol. The fourth-order valence-electron chi connectivity index (χ4n) is 3.51. The lowest BCUT2D eigenvalue weighted by Gasteiger charge is -2.32. The van der Waals surface area contributed by atoms with Crippen LogP contribution in [0.1, 0.15) is 43.7 Å². The van der Waals surface area contributed by atoms with Crippen LogP contribution >= 0.6 is 11.6 Å².